The van der Waals surface area contributed by atoms with Crippen molar-refractivity contribution in [2.24, 2.45) is 5.92 Å². The minimum absolute atomic E-state index is 0.708. The van der Waals surface area contributed by atoms with E-state index in [1.165, 1.54) is 63.4 Å². The maximum atomic E-state index is 4.00. The van der Waals surface area contributed by atoms with E-state index in [1.807, 2.05) is 0 Å². The summed E-state index contributed by atoms with van der Waals surface area (Å²) in [4.78, 5) is 0. The van der Waals surface area contributed by atoms with Crippen LogP contribution in [-0.4, -0.2) is 13.1 Å². The summed E-state index contributed by atoms with van der Waals surface area (Å²) in [7, 11) is 2.11. The summed E-state index contributed by atoms with van der Waals surface area (Å²) in [5.41, 5.74) is 1.32. The van der Waals surface area contributed by atoms with Crippen molar-refractivity contribution in [1.82, 2.24) is 5.32 Å². The number of rotatable bonds is 6. The molecule has 0 aliphatic heterocycles. The molecule has 1 aliphatic carbocycles. The number of nitrogens with one attached hydrogen (secondary N) is 1. The van der Waals surface area contributed by atoms with E-state index >= 15 is 0 Å². The highest BCUT2D eigenvalue weighted by atomic mass is 14.9. The Hall–Kier alpha value is -0.300. The Balaban J connectivity index is 2.27. The molecule has 0 spiro atoms. The van der Waals surface area contributed by atoms with Crippen LogP contribution in [0.15, 0.2) is 12.2 Å². The first-order chi connectivity index (χ1) is 7.72. The van der Waals surface area contributed by atoms with Crippen LogP contribution in [0.1, 0.15) is 64.7 Å². The first kappa shape index (κ1) is 13.8. The Morgan fingerprint density at radius 2 is 1.88 bits per heavy atom. The van der Waals surface area contributed by atoms with Gasteiger partial charge in [-0.05, 0) is 39.2 Å². The molecule has 0 saturated heterocycles. The molecule has 1 saturated carbocycles. The van der Waals surface area contributed by atoms with Gasteiger partial charge in [-0.15, -0.1) is 6.58 Å². The van der Waals surface area contributed by atoms with Gasteiger partial charge in [0.15, 0.2) is 0 Å². The molecule has 0 amide bonds. The fourth-order valence-electron chi connectivity index (χ4n) is 2.80. The maximum absolute atomic E-state index is 4.00. The summed E-state index contributed by atoms with van der Waals surface area (Å²) in [5, 5.41) is 3.48. The molecule has 94 valence electrons. The van der Waals surface area contributed by atoms with Crippen LogP contribution >= 0.6 is 0 Å². The van der Waals surface area contributed by atoms with Crippen LogP contribution in [0.2, 0.25) is 0 Å². The third-order valence-electron chi connectivity index (χ3n) is 3.92. The highest BCUT2D eigenvalue weighted by Crippen LogP contribution is 2.27. The number of hydrogen-bond donors (Lipinski definition) is 1. The van der Waals surface area contributed by atoms with Crippen LogP contribution in [0, 0.1) is 5.92 Å². The lowest BCUT2D eigenvalue weighted by atomic mass is 9.90. The third-order valence-corrected chi connectivity index (χ3v) is 3.92. The summed E-state index contributed by atoms with van der Waals surface area (Å²) in [5.74, 6) is 0.977. The Morgan fingerprint density at radius 1 is 1.25 bits per heavy atom. The summed E-state index contributed by atoms with van der Waals surface area (Å²) in [6.45, 7) is 6.13. The molecular weight excluding hydrogens is 194 g/mol. The standard InChI is InChI=1S/C15H29N/c1-13(2)10-11-15(16-3)12-14-8-6-4-5-7-9-14/h14-16H,1,4-12H2,2-3H3. The van der Waals surface area contributed by atoms with E-state index in [-0.39, 0.29) is 0 Å². The van der Waals surface area contributed by atoms with E-state index in [2.05, 4.69) is 25.9 Å². The van der Waals surface area contributed by atoms with E-state index in [0.717, 1.165) is 5.92 Å². The van der Waals surface area contributed by atoms with E-state index < -0.39 is 0 Å². The molecule has 0 bridgehead atoms. The molecule has 16 heavy (non-hydrogen) atoms. The van der Waals surface area contributed by atoms with Gasteiger partial charge in [-0.25, -0.2) is 0 Å². The topological polar surface area (TPSA) is 12.0 Å². The minimum Gasteiger partial charge on any atom is -0.317 e. The summed E-state index contributed by atoms with van der Waals surface area (Å²) in [6.07, 6.45) is 12.6. The van der Waals surface area contributed by atoms with Crippen molar-refractivity contribution in [3.05, 3.63) is 12.2 Å². The maximum Gasteiger partial charge on any atom is 0.00697 e. The molecule has 0 radical (unpaired) electrons. The fraction of sp³-hybridized carbons (Fsp3) is 0.867. The second-order valence-electron chi connectivity index (χ2n) is 5.57. The molecule has 1 aliphatic rings. The van der Waals surface area contributed by atoms with Gasteiger partial charge >= 0.3 is 0 Å². The largest absolute Gasteiger partial charge is 0.317 e. The van der Waals surface area contributed by atoms with Crippen molar-refractivity contribution in [2.45, 2.75) is 70.8 Å². The van der Waals surface area contributed by atoms with Crippen molar-refractivity contribution in [3.63, 3.8) is 0 Å². The number of hydrogen-bond acceptors (Lipinski definition) is 1. The van der Waals surface area contributed by atoms with Gasteiger partial charge in [0.2, 0.25) is 0 Å². The van der Waals surface area contributed by atoms with Crippen LogP contribution in [0.3, 0.4) is 0 Å². The van der Waals surface area contributed by atoms with Crippen molar-refractivity contribution in [2.75, 3.05) is 7.05 Å². The number of allylic oxidation sites excluding steroid dienone is 1. The van der Waals surface area contributed by atoms with Crippen molar-refractivity contribution in [3.8, 4) is 0 Å². The van der Waals surface area contributed by atoms with Crippen LogP contribution in [0.4, 0.5) is 0 Å². The lowest BCUT2D eigenvalue weighted by Gasteiger charge is -2.22. The zero-order chi connectivity index (χ0) is 11.8. The van der Waals surface area contributed by atoms with Gasteiger partial charge in [0.25, 0.3) is 0 Å². The van der Waals surface area contributed by atoms with Gasteiger partial charge in [-0.1, -0.05) is 44.1 Å². The molecule has 1 rings (SSSR count). The van der Waals surface area contributed by atoms with E-state index in [4.69, 9.17) is 0 Å². The molecule has 0 aromatic rings. The van der Waals surface area contributed by atoms with Crippen LogP contribution in [0.5, 0.6) is 0 Å². The van der Waals surface area contributed by atoms with E-state index in [9.17, 15) is 0 Å². The SMILES string of the molecule is C=C(C)CCC(CC1CCCCCC1)NC. The van der Waals surface area contributed by atoms with Gasteiger partial charge in [0.1, 0.15) is 0 Å². The molecule has 0 aromatic heterocycles. The van der Waals surface area contributed by atoms with E-state index in [1.54, 1.807) is 0 Å². The van der Waals surface area contributed by atoms with Gasteiger partial charge in [0, 0.05) is 6.04 Å². The fourth-order valence-corrected chi connectivity index (χ4v) is 2.80. The molecule has 1 fully saturated rings. The molecule has 1 N–H and O–H groups in total. The van der Waals surface area contributed by atoms with Gasteiger partial charge in [-0.2, -0.15) is 0 Å². The molecule has 1 heteroatoms. The highest BCUT2D eigenvalue weighted by Gasteiger charge is 2.16. The summed E-state index contributed by atoms with van der Waals surface area (Å²) < 4.78 is 0. The van der Waals surface area contributed by atoms with Gasteiger partial charge in [0.05, 0.1) is 0 Å². The Labute approximate surface area is 102 Å². The Kier molecular flexibility index (Phi) is 6.79. The zero-order valence-electron chi connectivity index (χ0n) is 11.2. The van der Waals surface area contributed by atoms with Gasteiger partial charge in [-0.3, -0.25) is 0 Å². The lowest BCUT2D eigenvalue weighted by molar-refractivity contribution is 0.351. The molecular formula is C15H29N. The Bertz CT molecular complexity index is 190. The average molecular weight is 223 g/mol. The lowest BCUT2D eigenvalue weighted by Crippen LogP contribution is -2.27. The minimum atomic E-state index is 0.708. The van der Waals surface area contributed by atoms with Crippen molar-refractivity contribution < 1.29 is 0 Å². The third kappa shape index (κ3) is 5.69. The monoisotopic (exact) mass is 223 g/mol. The quantitative estimate of drug-likeness (QED) is 0.523. The smallest absolute Gasteiger partial charge is 0.00697 e. The normalized spacial score (nSPS) is 20.4. The van der Waals surface area contributed by atoms with E-state index in [0.29, 0.717) is 6.04 Å². The molecule has 1 atom stereocenters. The predicted molar refractivity (Wildman–Crippen MR) is 72.7 cm³/mol. The predicted octanol–water partition coefficient (Wildman–Crippen LogP) is 4.29. The Morgan fingerprint density at radius 3 is 2.38 bits per heavy atom. The van der Waals surface area contributed by atoms with Gasteiger partial charge < -0.3 is 5.32 Å². The second kappa shape index (κ2) is 7.89. The molecule has 0 aromatic carbocycles. The first-order valence-corrected chi connectivity index (χ1v) is 7.04. The first-order valence-electron chi connectivity index (χ1n) is 7.04. The highest BCUT2D eigenvalue weighted by molar-refractivity contribution is 4.89. The van der Waals surface area contributed by atoms with Crippen molar-refractivity contribution >= 4 is 0 Å². The molecule has 1 nitrogen and oxygen atoms in total. The van der Waals surface area contributed by atoms with Crippen LogP contribution in [-0.2, 0) is 0 Å². The second-order valence-corrected chi connectivity index (χ2v) is 5.57. The zero-order valence-corrected chi connectivity index (χ0v) is 11.2. The average Bonchev–Trinajstić information content (AvgIpc) is 2.52. The summed E-state index contributed by atoms with van der Waals surface area (Å²) in [6, 6.07) is 0.708. The van der Waals surface area contributed by atoms with Crippen LogP contribution < -0.4 is 5.32 Å². The molecule has 0 heterocycles. The van der Waals surface area contributed by atoms with Crippen molar-refractivity contribution in [1.29, 1.82) is 0 Å². The molecule has 1 unspecified atom stereocenters. The summed E-state index contributed by atoms with van der Waals surface area (Å²) >= 11 is 0. The van der Waals surface area contributed by atoms with Crippen LogP contribution in [0.25, 0.3) is 0 Å².